The number of methoxy groups -OCH3 is 1. The number of esters is 1. The standard InChI is InChI=1S/C20H20N2O5/c1-3-27-17-11-4-14(5-12-17)6-13-18(23)21-22-19(24)15-7-9-16(10-8-15)20(25)26-2/h4-13H,3H2,1-2H3,(H,21,23)(H,22,24). The van der Waals surface area contributed by atoms with Crippen molar-refractivity contribution in [3.63, 3.8) is 0 Å². The Balaban J connectivity index is 1.85. The molecule has 0 aromatic heterocycles. The van der Waals surface area contributed by atoms with Crippen LogP contribution < -0.4 is 15.6 Å². The number of nitrogens with one attached hydrogen (secondary N) is 2. The van der Waals surface area contributed by atoms with E-state index in [4.69, 9.17) is 4.74 Å². The highest BCUT2D eigenvalue weighted by atomic mass is 16.5. The Morgan fingerprint density at radius 3 is 2.15 bits per heavy atom. The van der Waals surface area contributed by atoms with Gasteiger partial charge >= 0.3 is 5.97 Å². The molecule has 2 N–H and O–H groups in total. The van der Waals surface area contributed by atoms with E-state index in [9.17, 15) is 14.4 Å². The molecule has 2 aromatic rings. The summed E-state index contributed by atoms with van der Waals surface area (Å²) in [5.41, 5.74) is 6.03. The first-order chi connectivity index (χ1) is 13.0. The highest BCUT2D eigenvalue weighted by molar-refractivity contribution is 5.98. The third-order valence-corrected chi connectivity index (χ3v) is 3.49. The van der Waals surface area contributed by atoms with Gasteiger partial charge in [-0.1, -0.05) is 12.1 Å². The van der Waals surface area contributed by atoms with E-state index >= 15 is 0 Å². The summed E-state index contributed by atoms with van der Waals surface area (Å²) >= 11 is 0. The molecule has 0 heterocycles. The minimum atomic E-state index is -0.505. The molecule has 7 heteroatoms. The van der Waals surface area contributed by atoms with Crippen molar-refractivity contribution in [3.05, 3.63) is 71.3 Å². The van der Waals surface area contributed by atoms with Crippen LogP contribution in [-0.2, 0) is 9.53 Å². The van der Waals surface area contributed by atoms with E-state index < -0.39 is 17.8 Å². The van der Waals surface area contributed by atoms with Crippen LogP contribution >= 0.6 is 0 Å². The Kier molecular flexibility index (Phi) is 7.13. The summed E-state index contributed by atoms with van der Waals surface area (Å²) < 4.78 is 9.93. The molecule has 7 nitrogen and oxygen atoms in total. The average Bonchev–Trinajstić information content (AvgIpc) is 2.71. The van der Waals surface area contributed by atoms with Gasteiger partial charge in [-0.15, -0.1) is 0 Å². The number of carbonyl (C=O) groups is 3. The lowest BCUT2D eigenvalue weighted by molar-refractivity contribution is -0.117. The molecule has 2 amide bonds. The van der Waals surface area contributed by atoms with E-state index in [0.717, 1.165) is 11.3 Å². The van der Waals surface area contributed by atoms with Crippen LogP contribution in [0.4, 0.5) is 0 Å². The SMILES string of the molecule is CCOc1ccc(C=CC(=O)NNC(=O)c2ccc(C(=O)OC)cc2)cc1. The molecule has 0 unspecified atom stereocenters. The van der Waals surface area contributed by atoms with Crippen molar-refractivity contribution in [1.82, 2.24) is 10.9 Å². The summed E-state index contributed by atoms with van der Waals surface area (Å²) in [6.07, 6.45) is 2.92. The Labute approximate surface area is 156 Å². The molecule has 0 saturated heterocycles. The fraction of sp³-hybridized carbons (Fsp3) is 0.150. The van der Waals surface area contributed by atoms with Gasteiger partial charge in [0.2, 0.25) is 0 Å². The third-order valence-electron chi connectivity index (χ3n) is 3.49. The lowest BCUT2D eigenvalue weighted by atomic mass is 10.1. The molecule has 0 bridgehead atoms. The molecule has 0 atom stereocenters. The van der Waals surface area contributed by atoms with Gasteiger partial charge in [-0.25, -0.2) is 4.79 Å². The van der Waals surface area contributed by atoms with E-state index in [1.807, 2.05) is 19.1 Å². The summed E-state index contributed by atoms with van der Waals surface area (Å²) in [5.74, 6) is -0.725. The largest absolute Gasteiger partial charge is 0.494 e. The molecular weight excluding hydrogens is 348 g/mol. The van der Waals surface area contributed by atoms with Gasteiger partial charge in [0.05, 0.1) is 19.3 Å². The number of rotatable bonds is 6. The number of benzene rings is 2. The molecule has 0 aliphatic heterocycles. The van der Waals surface area contributed by atoms with Crippen molar-refractivity contribution in [3.8, 4) is 5.75 Å². The van der Waals surface area contributed by atoms with Crippen molar-refractivity contribution in [2.75, 3.05) is 13.7 Å². The van der Waals surface area contributed by atoms with Crippen LogP contribution in [0.2, 0.25) is 0 Å². The molecular formula is C20H20N2O5. The molecule has 0 aliphatic rings. The van der Waals surface area contributed by atoms with Gasteiger partial charge in [0.1, 0.15) is 5.75 Å². The second kappa shape index (κ2) is 9.76. The van der Waals surface area contributed by atoms with Crippen molar-refractivity contribution in [2.45, 2.75) is 6.92 Å². The zero-order valence-corrected chi connectivity index (χ0v) is 15.0. The number of hydrazine groups is 1. The minimum absolute atomic E-state index is 0.290. The van der Waals surface area contributed by atoms with Crippen molar-refractivity contribution in [1.29, 1.82) is 0 Å². The van der Waals surface area contributed by atoms with E-state index in [0.29, 0.717) is 17.7 Å². The molecule has 0 radical (unpaired) electrons. The van der Waals surface area contributed by atoms with Crippen LogP contribution in [0.1, 0.15) is 33.2 Å². The Hall–Kier alpha value is -3.61. The predicted octanol–water partition coefficient (Wildman–Crippen LogP) is 2.35. The van der Waals surface area contributed by atoms with Gasteiger partial charge in [-0.05, 0) is 55.0 Å². The van der Waals surface area contributed by atoms with Crippen molar-refractivity contribution >= 4 is 23.9 Å². The Morgan fingerprint density at radius 1 is 0.926 bits per heavy atom. The third kappa shape index (κ3) is 6.00. The zero-order chi connectivity index (χ0) is 19.6. The summed E-state index contributed by atoms with van der Waals surface area (Å²) in [5, 5.41) is 0. The first-order valence-electron chi connectivity index (χ1n) is 8.23. The van der Waals surface area contributed by atoms with E-state index in [2.05, 4.69) is 15.6 Å². The van der Waals surface area contributed by atoms with Crippen molar-refractivity contribution in [2.24, 2.45) is 0 Å². The normalized spacial score (nSPS) is 10.3. The fourth-order valence-corrected chi connectivity index (χ4v) is 2.12. The minimum Gasteiger partial charge on any atom is -0.494 e. The zero-order valence-electron chi connectivity index (χ0n) is 15.0. The van der Waals surface area contributed by atoms with Gasteiger partial charge in [-0.3, -0.25) is 20.4 Å². The second-order valence-corrected chi connectivity index (χ2v) is 5.35. The molecule has 0 aliphatic carbocycles. The number of ether oxygens (including phenoxy) is 2. The fourth-order valence-electron chi connectivity index (χ4n) is 2.12. The molecule has 0 spiro atoms. The lowest BCUT2D eigenvalue weighted by Crippen LogP contribution is -2.40. The first kappa shape index (κ1) is 19.7. The van der Waals surface area contributed by atoms with Crippen LogP contribution in [0.25, 0.3) is 6.08 Å². The predicted molar refractivity (Wildman–Crippen MR) is 100 cm³/mol. The molecule has 2 aromatic carbocycles. The maximum Gasteiger partial charge on any atom is 0.337 e. The summed E-state index contributed by atoms with van der Waals surface area (Å²) in [6.45, 7) is 2.49. The molecule has 140 valence electrons. The van der Waals surface area contributed by atoms with E-state index in [-0.39, 0.29) is 0 Å². The molecule has 27 heavy (non-hydrogen) atoms. The van der Waals surface area contributed by atoms with Gasteiger partial charge < -0.3 is 9.47 Å². The first-order valence-corrected chi connectivity index (χ1v) is 8.23. The van der Waals surface area contributed by atoms with Gasteiger partial charge in [0, 0.05) is 11.6 Å². The van der Waals surface area contributed by atoms with Crippen LogP contribution in [0.5, 0.6) is 5.75 Å². The average molecular weight is 368 g/mol. The number of hydrogen-bond donors (Lipinski definition) is 2. The maximum atomic E-state index is 12.0. The molecule has 0 saturated carbocycles. The van der Waals surface area contributed by atoms with Gasteiger partial charge in [0.15, 0.2) is 0 Å². The molecule has 2 rings (SSSR count). The topological polar surface area (TPSA) is 93.7 Å². The molecule has 0 fully saturated rings. The monoisotopic (exact) mass is 368 g/mol. The number of amides is 2. The summed E-state index contributed by atoms with van der Waals surface area (Å²) in [4.78, 5) is 35.2. The van der Waals surface area contributed by atoms with Crippen molar-refractivity contribution < 1.29 is 23.9 Å². The van der Waals surface area contributed by atoms with Gasteiger partial charge in [0.25, 0.3) is 11.8 Å². The quantitative estimate of drug-likeness (QED) is 0.464. The second-order valence-electron chi connectivity index (χ2n) is 5.35. The number of carbonyl (C=O) groups excluding carboxylic acids is 3. The smallest absolute Gasteiger partial charge is 0.337 e. The van der Waals surface area contributed by atoms with E-state index in [1.165, 1.54) is 37.5 Å². The summed E-state index contributed by atoms with van der Waals surface area (Å²) in [7, 11) is 1.28. The van der Waals surface area contributed by atoms with Crippen LogP contribution in [0.3, 0.4) is 0 Å². The van der Waals surface area contributed by atoms with Crippen LogP contribution in [-0.4, -0.2) is 31.5 Å². The number of hydrogen-bond acceptors (Lipinski definition) is 5. The van der Waals surface area contributed by atoms with Crippen LogP contribution in [0, 0.1) is 0 Å². The van der Waals surface area contributed by atoms with Crippen LogP contribution in [0.15, 0.2) is 54.6 Å². The summed E-state index contributed by atoms with van der Waals surface area (Å²) in [6, 6.07) is 13.1. The lowest BCUT2D eigenvalue weighted by Gasteiger charge is -2.06. The highest BCUT2D eigenvalue weighted by Crippen LogP contribution is 2.13. The van der Waals surface area contributed by atoms with Gasteiger partial charge in [-0.2, -0.15) is 0 Å². The highest BCUT2D eigenvalue weighted by Gasteiger charge is 2.09. The Bertz CT molecular complexity index is 826. The maximum absolute atomic E-state index is 12.0. The van der Waals surface area contributed by atoms with E-state index in [1.54, 1.807) is 18.2 Å². The Morgan fingerprint density at radius 2 is 1.56 bits per heavy atom.